The number of rotatable bonds is 5. The number of aromatic nitrogens is 4. The number of anilines is 1. The van der Waals surface area contributed by atoms with Gasteiger partial charge < -0.3 is 14.6 Å². The summed E-state index contributed by atoms with van der Waals surface area (Å²) >= 11 is 0. The maximum absolute atomic E-state index is 12.8. The standard InChI is InChI=1S/C19H16F3N5O4/c1-30-14-5-10(6-23-16(14)31-2)13-4-3-12-15(25-13)18(29)27(17(12)28)11-7-24-26(8-11)9-19(20,21)22/h3-8,18,29H,9H2,1-2H3/t18-/m1/s1. The number of aliphatic hydroxyl groups is 1. The van der Waals surface area contributed by atoms with E-state index < -0.39 is 24.9 Å². The van der Waals surface area contributed by atoms with Crippen LogP contribution in [0, 0.1) is 0 Å². The third-order valence-corrected chi connectivity index (χ3v) is 4.63. The van der Waals surface area contributed by atoms with Crippen molar-refractivity contribution >= 4 is 11.6 Å². The van der Waals surface area contributed by atoms with E-state index in [9.17, 15) is 23.1 Å². The van der Waals surface area contributed by atoms with E-state index in [1.165, 1.54) is 26.5 Å². The van der Waals surface area contributed by atoms with E-state index in [0.717, 1.165) is 17.3 Å². The predicted octanol–water partition coefficient (Wildman–Crippen LogP) is 2.57. The number of amides is 1. The van der Waals surface area contributed by atoms with Crippen LogP contribution in [-0.4, -0.2) is 51.2 Å². The van der Waals surface area contributed by atoms with Gasteiger partial charge in [0.2, 0.25) is 0 Å². The van der Waals surface area contributed by atoms with Crippen molar-refractivity contribution in [3.05, 3.63) is 48.0 Å². The summed E-state index contributed by atoms with van der Waals surface area (Å²) in [6.07, 6.45) is -2.33. The van der Waals surface area contributed by atoms with Gasteiger partial charge in [0.15, 0.2) is 12.0 Å². The van der Waals surface area contributed by atoms with E-state index in [1.54, 1.807) is 12.1 Å². The number of hydrogen-bond acceptors (Lipinski definition) is 7. The van der Waals surface area contributed by atoms with Crippen LogP contribution >= 0.6 is 0 Å². The number of aliphatic hydroxyl groups excluding tert-OH is 1. The zero-order valence-corrected chi connectivity index (χ0v) is 16.3. The minimum atomic E-state index is -4.47. The van der Waals surface area contributed by atoms with Crippen LogP contribution in [0.15, 0.2) is 36.8 Å². The number of methoxy groups -OCH3 is 2. The number of carbonyl (C=O) groups excluding carboxylic acids is 1. The fourth-order valence-electron chi connectivity index (χ4n) is 3.25. The quantitative estimate of drug-likeness (QED) is 0.657. The van der Waals surface area contributed by atoms with Crippen molar-refractivity contribution in [3.8, 4) is 22.9 Å². The van der Waals surface area contributed by atoms with Crippen molar-refractivity contribution in [2.45, 2.75) is 18.9 Å². The molecule has 0 radical (unpaired) electrons. The third kappa shape index (κ3) is 3.77. The molecule has 0 fully saturated rings. The van der Waals surface area contributed by atoms with Gasteiger partial charge in [-0.15, -0.1) is 0 Å². The number of alkyl halides is 3. The van der Waals surface area contributed by atoms with Gasteiger partial charge in [0.25, 0.3) is 11.8 Å². The van der Waals surface area contributed by atoms with Crippen molar-refractivity contribution in [1.82, 2.24) is 19.7 Å². The molecule has 4 heterocycles. The highest BCUT2D eigenvalue weighted by atomic mass is 19.4. The lowest BCUT2D eigenvalue weighted by molar-refractivity contribution is -0.142. The van der Waals surface area contributed by atoms with Crippen LogP contribution in [0.4, 0.5) is 18.9 Å². The summed E-state index contributed by atoms with van der Waals surface area (Å²) in [6, 6.07) is 4.70. The lowest BCUT2D eigenvalue weighted by atomic mass is 10.1. The number of halogens is 3. The number of fused-ring (bicyclic) bond motifs is 1. The second-order valence-electron chi connectivity index (χ2n) is 6.62. The number of carbonyl (C=O) groups is 1. The highest BCUT2D eigenvalue weighted by Gasteiger charge is 2.39. The molecule has 0 saturated carbocycles. The minimum absolute atomic E-state index is 0.0223. The lowest BCUT2D eigenvalue weighted by Gasteiger charge is -2.18. The summed E-state index contributed by atoms with van der Waals surface area (Å²) in [5, 5.41) is 14.3. The molecule has 12 heteroatoms. The van der Waals surface area contributed by atoms with Gasteiger partial charge in [0.1, 0.15) is 12.2 Å². The number of ether oxygens (including phenoxy) is 2. The SMILES string of the molecule is COc1cc(-c2ccc3c(n2)[C@@H](O)N(c2cnn(CC(F)(F)F)c2)C3=O)cnc1OC. The number of nitrogens with zero attached hydrogens (tertiary/aromatic N) is 5. The molecule has 3 aromatic rings. The molecule has 0 aliphatic carbocycles. The normalized spacial score (nSPS) is 15.9. The molecule has 1 N–H and O–H groups in total. The summed E-state index contributed by atoms with van der Waals surface area (Å²) in [4.78, 5) is 22.2. The van der Waals surface area contributed by atoms with Crippen LogP contribution in [0.25, 0.3) is 11.3 Å². The molecule has 4 rings (SSSR count). The van der Waals surface area contributed by atoms with Crippen LogP contribution in [-0.2, 0) is 6.54 Å². The molecular weight excluding hydrogens is 419 g/mol. The molecule has 0 unspecified atom stereocenters. The van der Waals surface area contributed by atoms with Crippen molar-refractivity contribution in [2.75, 3.05) is 19.1 Å². The molecule has 0 spiro atoms. The van der Waals surface area contributed by atoms with Crippen LogP contribution < -0.4 is 14.4 Å². The topological polar surface area (TPSA) is 103 Å². The molecule has 3 aromatic heterocycles. The van der Waals surface area contributed by atoms with E-state index >= 15 is 0 Å². The van der Waals surface area contributed by atoms with Gasteiger partial charge in [-0.25, -0.2) is 9.97 Å². The van der Waals surface area contributed by atoms with Crippen molar-refractivity contribution in [1.29, 1.82) is 0 Å². The van der Waals surface area contributed by atoms with Gasteiger partial charge in [-0.2, -0.15) is 18.3 Å². The van der Waals surface area contributed by atoms with Crippen LogP contribution in [0.1, 0.15) is 22.3 Å². The van der Waals surface area contributed by atoms with Gasteiger partial charge in [-0.05, 0) is 18.2 Å². The smallest absolute Gasteiger partial charge is 0.408 e. The average molecular weight is 435 g/mol. The molecular formula is C19H16F3N5O4. The van der Waals surface area contributed by atoms with Crippen LogP contribution in [0.2, 0.25) is 0 Å². The Hall–Kier alpha value is -3.67. The molecule has 162 valence electrons. The zero-order chi connectivity index (χ0) is 22.3. The summed E-state index contributed by atoms with van der Waals surface area (Å²) in [5.74, 6) is 0.0563. The summed E-state index contributed by atoms with van der Waals surface area (Å²) in [7, 11) is 2.91. The summed E-state index contributed by atoms with van der Waals surface area (Å²) in [5.41, 5.74) is 1.19. The Bertz CT molecular complexity index is 1150. The molecule has 31 heavy (non-hydrogen) atoms. The highest BCUT2D eigenvalue weighted by molar-refractivity contribution is 6.10. The Morgan fingerprint density at radius 2 is 1.97 bits per heavy atom. The predicted molar refractivity (Wildman–Crippen MR) is 101 cm³/mol. The maximum atomic E-state index is 12.8. The largest absolute Gasteiger partial charge is 0.491 e. The highest BCUT2D eigenvalue weighted by Crippen LogP contribution is 2.37. The fraction of sp³-hybridized carbons (Fsp3) is 0.263. The van der Waals surface area contributed by atoms with Crippen molar-refractivity contribution < 1.29 is 32.5 Å². The Morgan fingerprint density at radius 1 is 1.19 bits per heavy atom. The molecule has 9 nitrogen and oxygen atoms in total. The second-order valence-corrected chi connectivity index (χ2v) is 6.62. The summed E-state index contributed by atoms with van der Waals surface area (Å²) in [6.45, 7) is -1.31. The zero-order valence-electron chi connectivity index (χ0n) is 16.3. The van der Waals surface area contributed by atoms with Gasteiger partial charge in [0, 0.05) is 18.0 Å². The molecule has 1 amide bonds. The van der Waals surface area contributed by atoms with Crippen molar-refractivity contribution in [2.24, 2.45) is 0 Å². The monoisotopic (exact) mass is 435 g/mol. The molecule has 1 aliphatic heterocycles. The molecule has 0 aromatic carbocycles. The first kappa shape index (κ1) is 20.6. The maximum Gasteiger partial charge on any atom is 0.408 e. The first-order valence-corrected chi connectivity index (χ1v) is 8.92. The Balaban J connectivity index is 1.66. The van der Waals surface area contributed by atoms with Crippen LogP contribution in [0.3, 0.4) is 0 Å². The van der Waals surface area contributed by atoms with E-state index in [0.29, 0.717) is 21.7 Å². The fourth-order valence-corrected chi connectivity index (χ4v) is 3.25. The Labute approximate surface area is 173 Å². The molecule has 0 saturated heterocycles. The number of pyridine rings is 2. The first-order valence-electron chi connectivity index (χ1n) is 8.92. The summed E-state index contributed by atoms with van der Waals surface area (Å²) < 4.78 is 48.7. The molecule has 0 bridgehead atoms. The van der Waals surface area contributed by atoms with Gasteiger partial charge in [0.05, 0.1) is 37.4 Å². The lowest BCUT2D eigenvalue weighted by Crippen LogP contribution is -2.27. The van der Waals surface area contributed by atoms with E-state index in [2.05, 4.69) is 15.1 Å². The second kappa shape index (κ2) is 7.54. The van der Waals surface area contributed by atoms with E-state index in [-0.39, 0.29) is 22.8 Å². The van der Waals surface area contributed by atoms with Crippen molar-refractivity contribution in [3.63, 3.8) is 0 Å². The third-order valence-electron chi connectivity index (χ3n) is 4.63. The Morgan fingerprint density at radius 3 is 2.65 bits per heavy atom. The minimum Gasteiger partial charge on any atom is -0.491 e. The van der Waals surface area contributed by atoms with Gasteiger partial charge in [-0.3, -0.25) is 14.4 Å². The van der Waals surface area contributed by atoms with Gasteiger partial charge in [-0.1, -0.05) is 0 Å². The van der Waals surface area contributed by atoms with Gasteiger partial charge >= 0.3 is 6.18 Å². The molecule has 1 aliphatic rings. The van der Waals surface area contributed by atoms with E-state index in [1.807, 2.05) is 0 Å². The average Bonchev–Trinajstić information content (AvgIpc) is 3.27. The first-order chi connectivity index (χ1) is 14.7. The van der Waals surface area contributed by atoms with Crippen LogP contribution in [0.5, 0.6) is 11.6 Å². The number of hydrogen-bond donors (Lipinski definition) is 1. The molecule has 1 atom stereocenters. The Kier molecular flexibility index (Phi) is 5.01. The van der Waals surface area contributed by atoms with E-state index in [4.69, 9.17) is 9.47 Å².